The van der Waals surface area contributed by atoms with E-state index in [2.05, 4.69) is 0 Å². The van der Waals surface area contributed by atoms with Crippen LogP contribution in [0, 0.1) is 0 Å². The van der Waals surface area contributed by atoms with Crippen LogP contribution in [0.15, 0.2) is 0 Å². The van der Waals surface area contributed by atoms with Gasteiger partial charge in [0.2, 0.25) is 5.91 Å². The number of nitrogens with two attached hydrogens (primary N) is 1. The van der Waals surface area contributed by atoms with Crippen LogP contribution >= 0.6 is 30.1 Å². The Kier molecular flexibility index (Phi) is 13.3. The van der Waals surface area contributed by atoms with Crippen molar-refractivity contribution in [3.8, 4) is 0 Å². The van der Waals surface area contributed by atoms with Gasteiger partial charge in [0.15, 0.2) is 0 Å². The van der Waals surface area contributed by atoms with Gasteiger partial charge in [-0.05, 0) is 6.42 Å². The molecule has 0 aromatic heterocycles. The Morgan fingerprint density at radius 1 is 1.50 bits per heavy atom. The van der Waals surface area contributed by atoms with Gasteiger partial charge in [0, 0.05) is 6.42 Å². The lowest BCUT2D eigenvalue weighted by molar-refractivity contribution is -0.118. The van der Waals surface area contributed by atoms with Crippen molar-refractivity contribution in [1.29, 1.82) is 0 Å². The molecule has 0 radical (unpaired) electrons. The zero-order valence-electron chi connectivity index (χ0n) is 5.61. The van der Waals surface area contributed by atoms with E-state index in [4.69, 9.17) is 35.9 Å². The average molecular weight is 220 g/mol. The molecular formula is C4H9AlCl3NO. The van der Waals surface area contributed by atoms with E-state index in [0.717, 1.165) is 6.42 Å². The Hall–Kier alpha value is 0.872. The largest absolute Gasteiger partial charge is 0.643 e. The third-order valence-corrected chi connectivity index (χ3v) is 0.496. The topological polar surface area (TPSA) is 43.1 Å². The monoisotopic (exact) mass is 219 g/mol. The summed E-state index contributed by atoms with van der Waals surface area (Å²) in [4.78, 5) is 9.82. The smallest absolute Gasteiger partial charge is 0.370 e. The maximum Gasteiger partial charge on any atom is 0.643 e. The van der Waals surface area contributed by atoms with Crippen LogP contribution in [-0.4, -0.2) is 17.3 Å². The summed E-state index contributed by atoms with van der Waals surface area (Å²) in [6.07, 6.45) is 1.37. The van der Waals surface area contributed by atoms with Crippen LogP contribution in [0.2, 0.25) is 0 Å². The summed E-state index contributed by atoms with van der Waals surface area (Å²) in [5.74, 6) is -0.211. The molecule has 10 heavy (non-hydrogen) atoms. The summed E-state index contributed by atoms with van der Waals surface area (Å²) in [6, 6.07) is 0. The predicted octanol–water partition coefficient (Wildman–Crippen LogP) is 1.96. The summed E-state index contributed by atoms with van der Waals surface area (Å²) in [5.41, 5.74) is 4.76. The Morgan fingerprint density at radius 2 is 1.80 bits per heavy atom. The Morgan fingerprint density at radius 3 is 1.80 bits per heavy atom. The van der Waals surface area contributed by atoms with Crippen molar-refractivity contribution in [1.82, 2.24) is 0 Å². The number of halogens is 3. The van der Waals surface area contributed by atoms with Crippen molar-refractivity contribution >= 4 is 47.4 Å². The van der Waals surface area contributed by atoms with Gasteiger partial charge in [-0.3, -0.25) is 4.79 Å². The molecule has 1 amide bonds. The van der Waals surface area contributed by atoms with Gasteiger partial charge < -0.3 is 5.73 Å². The van der Waals surface area contributed by atoms with Gasteiger partial charge in [0.1, 0.15) is 0 Å². The molecule has 2 N–H and O–H groups in total. The highest BCUT2D eigenvalue weighted by atomic mass is 35.8. The molecule has 0 aromatic carbocycles. The fraction of sp³-hybridized carbons (Fsp3) is 0.750. The first kappa shape index (κ1) is 13.5. The molecule has 0 spiro atoms. The molecule has 6 heteroatoms. The van der Waals surface area contributed by atoms with E-state index in [1.54, 1.807) is 0 Å². The summed E-state index contributed by atoms with van der Waals surface area (Å²) in [7, 11) is 14.8. The van der Waals surface area contributed by atoms with Crippen LogP contribution in [0.4, 0.5) is 0 Å². The highest BCUT2D eigenvalue weighted by Crippen LogP contribution is 1.97. The van der Waals surface area contributed by atoms with Gasteiger partial charge in [-0.15, -0.1) is 0 Å². The Bertz CT molecular complexity index is 87.8. The molecular weight excluding hydrogens is 211 g/mol. The SMILES string of the molecule is CCCC(N)=O.[Cl][Al]([Cl])[Cl]. The molecule has 0 aromatic rings. The first-order valence-corrected chi connectivity index (χ1v) is 7.95. The van der Waals surface area contributed by atoms with Crippen LogP contribution in [0.5, 0.6) is 0 Å². The minimum atomic E-state index is -1.72. The van der Waals surface area contributed by atoms with Crippen molar-refractivity contribution in [2.75, 3.05) is 0 Å². The van der Waals surface area contributed by atoms with Crippen molar-refractivity contribution in [2.45, 2.75) is 19.8 Å². The van der Waals surface area contributed by atoms with Gasteiger partial charge in [-0.2, -0.15) is 0 Å². The zero-order chi connectivity index (χ0) is 8.57. The van der Waals surface area contributed by atoms with E-state index < -0.39 is 11.4 Å². The predicted molar refractivity (Wildman–Crippen MR) is 47.4 cm³/mol. The van der Waals surface area contributed by atoms with E-state index in [-0.39, 0.29) is 5.91 Å². The highest BCUT2D eigenvalue weighted by molar-refractivity contribution is 7.54. The lowest BCUT2D eigenvalue weighted by atomic mass is 10.3. The second kappa shape index (κ2) is 9.87. The fourth-order valence-electron chi connectivity index (χ4n) is 0.246. The lowest BCUT2D eigenvalue weighted by Gasteiger charge is -1.81. The number of rotatable bonds is 2. The van der Waals surface area contributed by atoms with E-state index in [1.165, 1.54) is 0 Å². The molecule has 0 heterocycles. The molecule has 0 aliphatic carbocycles. The molecule has 0 aliphatic rings. The van der Waals surface area contributed by atoms with Crippen LogP contribution < -0.4 is 5.73 Å². The van der Waals surface area contributed by atoms with Crippen molar-refractivity contribution < 1.29 is 4.79 Å². The van der Waals surface area contributed by atoms with Crippen LogP contribution in [0.3, 0.4) is 0 Å². The number of carbonyl (C=O) groups is 1. The normalized spacial score (nSPS) is 7.60. The standard InChI is InChI=1S/C4H9NO.Al.3ClH/c1-2-3-4(5)6;;;;/h2-3H2,1H3,(H2,5,6);;3*1H/q;+3;;;/p-3. The van der Waals surface area contributed by atoms with Crippen LogP contribution in [0.25, 0.3) is 0 Å². The molecule has 0 rings (SSSR count). The van der Waals surface area contributed by atoms with Crippen LogP contribution in [0.1, 0.15) is 19.8 Å². The molecule has 0 bridgehead atoms. The van der Waals surface area contributed by atoms with E-state index >= 15 is 0 Å². The molecule has 0 fully saturated rings. The second-order valence-corrected chi connectivity index (χ2v) is 7.90. The number of amides is 1. The highest BCUT2D eigenvalue weighted by Gasteiger charge is 2.00. The van der Waals surface area contributed by atoms with Crippen molar-refractivity contribution in [3.63, 3.8) is 0 Å². The van der Waals surface area contributed by atoms with E-state index in [9.17, 15) is 4.79 Å². The molecule has 0 saturated heterocycles. The number of hydrogen-bond acceptors (Lipinski definition) is 1. The van der Waals surface area contributed by atoms with Gasteiger partial charge in [0.05, 0.1) is 0 Å². The lowest BCUT2D eigenvalue weighted by Crippen LogP contribution is -2.08. The molecule has 0 saturated carbocycles. The molecule has 0 aliphatic heterocycles. The minimum absolute atomic E-state index is 0.211. The third-order valence-electron chi connectivity index (χ3n) is 0.496. The first-order chi connectivity index (χ1) is 4.50. The van der Waals surface area contributed by atoms with E-state index in [1.807, 2.05) is 6.92 Å². The van der Waals surface area contributed by atoms with Crippen molar-refractivity contribution in [2.24, 2.45) is 5.73 Å². The fourth-order valence-corrected chi connectivity index (χ4v) is 0.246. The molecule has 2 nitrogen and oxygen atoms in total. The molecule has 0 unspecified atom stereocenters. The molecule has 0 atom stereocenters. The summed E-state index contributed by atoms with van der Waals surface area (Å²) >= 11 is -1.72. The second-order valence-electron chi connectivity index (χ2n) is 1.46. The van der Waals surface area contributed by atoms with Gasteiger partial charge >= 0.3 is 11.4 Å². The quantitative estimate of drug-likeness (QED) is 0.710. The minimum Gasteiger partial charge on any atom is -0.370 e. The Balaban J connectivity index is 0. The van der Waals surface area contributed by atoms with Crippen molar-refractivity contribution in [3.05, 3.63) is 0 Å². The zero-order valence-corrected chi connectivity index (χ0v) is 9.03. The third kappa shape index (κ3) is 36.7. The van der Waals surface area contributed by atoms with Gasteiger partial charge in [0.25, 0.3) is 0 Å². The first-order valence-electron chi connectivity index (χ1n) is 2.71. The Labute approximate surface area is 77.6 Å². The number of carbonyl (C=O) groups excluding carboxylic acids is 1. The van der Waals surface area contributed by atoms with E-state index in [0.29, 0.717) is 6.42 Å². The summed E-state index contributed by atoms with van der Waals surface area (Å²) in [5, 5.41) is 0. The average Bonchev–Trinajstić information content (AvgIpc) is 1.62. The molecule has 60 valence electrons. The number of primary amides is 1. The maximum atomic E-state index is 9.82. The summed E-state index contributed by atoms with van der Waals surface area (Å²) < 4.78 is 0. The van der Waals surface area contributed by atoms with Gasteiger partial charge in [-0.1, -0.05) is 6.92 Å². The maximum absolute atomic E-state index is 9.82. The van der Waals surface area contributed by atoms with Crippen LogP contribution in [-0.2, 0) is 4.79 Å². The number of hydrogen-bond donors (Lipinski definition) is 1. The summed E-state index contributed by atoms with van der Waals surface area (Å²) in [6.45, 7) is 1.92. The van der Waals surface area contributed by atoms with Gasteiger partial charge in [-0.25, -0.2) is 30.1 Å².